The third kappa shape index (κ3) is 2.46. The van der Waals surface area contributed by atoms with Crippen LogP contribution in [0.15, 0.2) is 24.3 Å². The van der Waals surface area contributed by atoms with Gasteiger partial charge in [-0.05, 0) is 45.0 Å². The summed E-state index contributed by atoms with van der Waals surface area (Å²) in [6, 6.07) is 9.59. The van der Waals surface area contributed by atoms with Crippen LogP contribution in [0.2, 0.25) is 0 Å². The molecule has 18 heavy (non-hydrogen) atoms. The minimum absolute atomic E-state index is 0.528. The van der Waals surface area contributed by atoms with Crippen molar-refractivity contribution >= 4 is 11.5 Å². The van der Waals surface area contributed by atoms with Gasteiger partial charge in [0.1, 0.15) is 11.9 Å². The second-order valence-corrected chi connectivity index (χ2v) is 4.17. The van der Waals surface area contributed by atoms with Crippen LogP contribution in [0, 0.1) is 32.1 Å². The molecule has 2 heterocycles. The highest BCUT2D eigenvalue weighted by atomic mass is 15.0. The number of aromatic nitrogens is 2. The Kier molecular flexibility index (Phi) is 3.24. The van der Waals surface area contributed by atoms with Crippen molar-refractivity contribution in [1.82, 2.24) is 9.97 Å². The van der Waals surface area contributed by atoms with Gasteiger partial charge >= 0.3 is 0 Å². The number of rotatable bonds is 2. The molecule has 2 aromatic heterocycles. The first-order valence-corrected chi connectivity index (χ1v) is 5.69. The third-order valence-electron chi connectivity index (χ3n) is 2.63. The lowest BCUT2D eigenvalue weighted by molar-refractivity contribution is 1.11. The fourth-order valence-electron chi connectivity index (χ4n) is 1.69. The van der Waals surface area contributed by atoms with Gasteiger partial charge in [-0.3, -0.25) is 4.98 Å². The molecule has 0 radical (unpaired) electrons. The lowest BCUT2D eigenvalue weighted by Gasteiger charge is -2.10. The average molecular weight is 238 g/mol. The van der Waals surface area contributed by atoms with E-state index in [2.05, 4.69) is 21.4 Å². The van der Waals surface area contributed by atoms with Crippen molar-refractivity contribution in [3.05, 3.63) is 46.9 Å². The monoisotopic (exact) mass is 238 g/mol. The van der Waals surface area contributed by atoms with Crippen molar-refractivity contribution in [2.24, 2.45) is 0 Å². The number of aryl methyl sites for hydroxylation is 3. The van der Waals surface area contributed by atoms with Crippen LogP contribution in [0.1, 0.15) is 22.6 Å². The molecule has 4 nitrogen and oxygen atoms in total. The maximum atomic E-state index is 9.06. The van der Waals surface area contributed by atoms with Crippen LogP contribution in [-0.4, -0.2) is 9.97 Å². The molecule has 0 bridgehead atoms. The van der Waals surface area contributed by atoms with Gasteiger partial charge in [-0.2, -0.15) is 5.26 Å². The molecule has 2 rings (SSSR count). The largest absolute Gasteiger partial charge is 0.338 e. The van der Waals surface area contributed by atoms with Crippen LogP contribution in [0.5, 0.6) is 0 Å². The first-order chi connectivity index (χ1) is 8.60. The minimum Gasteiger partial charge on any atom is -0.338 e. The summed E-state index contributed by atoms with van der Waals surface area (Å²) in [5.41, 5.74) is 4.13. The Morgan fingerprint density at radius 3 is 2.33 bits per heavy atom. The van der Waals surface area contributed by atoms with Crippen LogP contribution < -0.4 is 5.32 Å². The highest BCUT2D eigenvalue weighted by molar-refractivity contribution is 5.64. The molecule has 90 valence electrons. The van der Waals surface area contributed by atoms with Gasteiger partial charge in [0.15, 0.2) is 0 Å². The molecular weight excluding hydrogens is 224 g/mol. The predicted octanol–water partition coefficient (Wildman–Crippen LogP) is 3.02. The van der Waals surface area contributed by atoms with E-state index in [1.165, 1.54) is 0 Å². The Bertz CT molecular complexity index is 626. The minimum atomic E-state index is 0.528. The zero-order valence-corrected chi connectivity index (χ0v) is 10.7. The van der Waals surface area contributed by atoms with E-state index in [1.54, 1.807) is 6.07 Å². The Morgan fingerprint density at radius 2 is 1.67 bits per heavy atom. The summed E-state index contributed by atoms with van der Waals surface area (Å²) in [6.45, 7) is 5.77. The lowest BCUT2D eigenvalue weighted by Crippen LogP contribution is -2.01. The van der Waals surface area contributed by atoms with E-state index in [-0.39, 0.29) is 0 Å². The summed E-state index contributed by atoms with van der Waals surface area (Å²) in [5.74, 6) is 0.575. The molecule has 0 spiro atoms. The summed E-state index contributed by atoms with van der Waals surface area (Å²) in [5, 5.41) is 12.2. The SMILES string of the molecule is Cc1ccc(Nc2nc(C)ccc2C#N)c(C)n1. The molecule has 1 N–H and O–H groups in total. The van der Waals surface area contributed by atoms with E-state index >= 15 is 0 Å². The Morgan fingerprint density at radius 1 is 1.00 bits per heavy atom. The van der Waals surface area contributed by atoms with Crippen LogP contribution in [0.25, 0.3) is 0 Å². The van der Waals surface area contributed by atoms with Gasteiger partial charge < -0.3 is 5.32 Å². The summed E-state index contributed by atoms with van der Waals surface area (Å²) in [4.78, 5) is 8.72. The highest BCUT2D eigenvalue weighted by Crippen LogP contribution is 2.21. The van der Waals surface area contributed by atoms with Crippen molar-refractivity contribution in [1.29, 1.82) is 5.26 Å². The number of pyridine rings is 2. The molecule has 0 aliphatic rings. The topological polar surface area (TPSA) is 61.6 Å². The van der Waals surface area contributed by atoms with Crippen molar-refractivity contribution in [3.63, 3.8) is 0 Å². The summed E-state index contributed by atoms with van der Waals surface area (Å²) in [6.07, 6.45) is 0. The standard InChI is InChI=1S/C14H14N4/c1-9-5-7-13(11(3)16-9)18-14-12(8-15)6-4-10(2)17-14/h4-7H,1-3H3,(H,17,18). The van der Waals surface area contributed by atoms with E-state index in [4.69, 9.17) is 5.26 Å². The molecule has 0 aliphatic heterocycles. The smallest absolute Gasteiger partial charge is 0.148 e. The molecule has 0 atom stereocenters. The van der Waals surface area contributed by atoms with Crippen molar-refractivity contribution < 1.29 is 0 Å². The van der Waals surface area contributed by atoms with E-state index in [9.17, 15) is 0 Å². The van der Waals surface area contributed by atoms with Crippen molar-refractivity contribution in [2.75, 3.05) is 5.32 Å². The van der Waals surface area contributed by atoms with Gasteiger partial charge in [0.2, 0.25) is 0 Å². The number of hydrogen-bond donors (Lipinski definition) is 1. The number of nitrogens with zero attached hydrogens (tertiary/aromatic N) is 3. The lowest BCUT2D eigenvalue weighted by atomic mass is 10.2. The van der Waals surface area contributed by atoms with Crippen molar-refractivity contribution in [2.45, 2.75) is 20.8 Å². The summed E-state index contributed by atoms with van der Waals surface area (Å²) >= 11 is 0. The maximum Gasteiger partial charge on any atom is 0.148 e. The molecule has 0 unspecified atom stereocenters. The quantitative estimate of drug-likeness (QED) is 0.873. The van der Waals surface area contributed by atoms with E-state index in [1.807, 2.05) is 39.0 Å². The Labute approximate surface area is 106 Å². The Hall–Kier alpha value is -2.41. The predicted molar refractivity (Wildman–Crippen MR) is 70.7 cm³/mol. The number of hydrogen-bond acceptors (Lipinski definition) is 4. The van der Waals surface area contributed by atoms with E-state index < -0.39 is 0 Å². The van der Waals surface area contributed by atoms with E-state index in [0.717, 1.165) is 22.8 Å². The number of nitrogens with one attached hydrogen (secondary N) is 1. The van der Waals surface area contributed by atoms with Gasteiger partial charge in [0, 0.05) is 11.4 Å². The van der Waals surface area contributed by atoms with Crippen LogP contribution in [0.3, 0.4) is 0 Å². The van der Waals surface area contributed by atoms with Gasteiger partial charge in [0.05, 0.1) is 16.9 Å². The molecular formula is C14H14N4. The molecule has 0 saturated carbocycles. The normalized spacial score (nSPS) is 9.89. The Balaban J connectivity index is 2.40. The molecule has 0 aromatic carbocycles. The first kappa shape index (κ1) is 12.1. The fourth-order valence-corrected chi connectivity index (χ4v) is 1.69. The van der Waals surface area contributed by atoms with Crippen LogP contribution >= 0.6 is 0 Å². The molecule has 0 saturated heterocycles. The average Bonchev–Trinajstić information content (AvgIpc) is 2.33. The zero-order chi connectivity index (χ0) is 13.1. The highest BCUT2D eigenvalue weighted by Gasteiger charge is 2.06. The molecule has 4 heteroatoms. The first-order valence-electron chi connectivity index (χ1n) is 5.69. The maximum absolute atomic E-state index is 9.06. The molecule has 0 amide bonds. The van der Waals surface area contributed by atoms with Crippen LogP contribution in [-0.2, 0) is 0 Å². The molecule has 0 fully saturated rings. The number of nitriles is 1. The molecule has 2 aromatic rings. The second-order valence-electron chi connectivity index (χ2n) is 4.17. The second kappa shape index (κ2) is 4.84. The van der Waals surface area contributed by atoms with Crippen LogP contribution in [0.4, 0.5) is 11.5 Å². The number of anilines is 2. The van der Waals surface area contributed by atoms with Gasteiger partial charge in [-0.1, -0.05) is 0 Å². The van der Waals surface area contributed by atoms with E-state index in [0.29, 0.717) is 11.4 Å². The van der Waals surface area contributed by atoms with Crippen molar-refractivity contribution in [3.8, 4) is 6.07 Å². The summed E-state index contributed by atoms with van der Waals surface area (Å²) < 4.78 is 0. The van der Waals surface area contributed by atoms with Gasteiger partial charge in [0.25, 0.3) is 0 Å². The fraction of sp³-hybridized carbons (Fsp3) is 0.214. The zero-order valence-electron chi connectivity index (χ0n) is 10.7. The van der Waals surface area contributed by atoms with Gasteiger partial charge in [-0.15, -0.1) is 0 Å². The molecule has 0 aliphatic carbocycles. The third-order valence-corrected chi connectivity index (χ3v) is 2.63. The summed E-state index contributed by atoms with van der Waals surface area (Å²) in [7, 11) is 0. The van der Waals surface area contributed by atoms with Gasteiger partial charge in [-0.25, -0.2) is 4.98 Å².